The van der Waals surface area contributed by atoms with Crippen LogP contribution in [0.4, 0.5) is 0 Å². The maximum Gasteiger partial charge on any atom is 0.0595 e. The van der Waals surface area contributed by atoms with Crippen molar-refractivity contribution in [2.75, 3.05) is 0 Å². The van der Waals surface area contributed by atoms with Crippen LogP contribution in [0.25, 0.3) is 0 Å². The largest absolute Gasteiger partial charge is 0.0914 e. The van der Waals surface area contributed by atoms with E-state index in [1.54, 1.807) is 0 Å². The normalized spacial score (nSPS) is 13.4. The molecule has 1 atom stereocenters. The van der Waals surface area contributed by atoms with Gasteiger partial charge < -0.3 is 0 Å². The second-order valence-corrected chi connectivity index (χ2v) is 4.27. The number of allylic oxidation sites excluding steroid dienone is 2. The van der Waals surface area contributed by atoms with E-state index in [-0.39, 0.29) is 0 Å². The summed E-state index contributed by atoms with van der Waals surface area (Å²) in [6.07, 6.45) is 5.26. The first-order valence-electron chi connectivity index (χ1n) is 4.70. The van der Waals surface area contributed by atoms with Crippen LogP contribution in [0.1, 0.15) is 19.4 Å². The minimum atomic E-state index is 0.539. The van der Waals surface area contributed by atoms with Crippen LogP contribution in [0.15, 0.2) is 30.4 Å². The number of benzene rings is 1. The third kappa shape index (κ3) is 3.36. The van der Waals surface area contributed by atoms with Crippen molar-refractivity contribution in [2.24, 2.45) is 5.92 Å². The SMILES string of the molecule is C/C=C\C(C)Cc1ccc(Cl)c(Cl)c1. The minimum Gasteiger partial charge on any atom is -0.0914 e. The lowest BCUT2D eigenvalue weighted by Crippen LogP contribution is -1.95. The van der Waals surface area contributed by atoms with E-state index < -0.39 is 0 Å². The summed E-state index contributed by atoms with van der Waals surface area (Å²) in [7, 11) is 0. The van der Waals surface area contributed by atoms with Crippen LogP contribution in [0, 0.1) is 5.92 Å². The van der Waals surface area contributed by atoms with Crippen LogP contribution in [0.2, 0.25) is 10.0 Å². The Labute approximate surface area is 95.5 Å². The van der Waals surface area contributed by atoms with Crippen molar-refractivity contribution < 1.29 is 0 Å². The summed E-state index contributed by atoms with van der Waals surface area (Å²) in [5.74, 6) is 0.539. The van der Waals surface area contributed by atoms with Crippen molar-refractivity contribution in [3.63, 3.8) is 0 Å². The first-order chi connectivity index (χ1) is 6.63. The molecule has 0 aliphatic rings. The summed E-state index contributed by atoms with van der Waals surface area (Å²) in [6.45, 7) is 4.22. The Hall–Kier alpha value is -0.460. The van der Waals surface area contributed by atoms with E-state index in [1.807, 2.05) is 25.1 Å². The average molecular weight is 229 g/mol. The predicted octanol–water partition coefficient (Wildman–Crippen LogP) is 4.75. The molecule has 0 amide bonds. The van der Waals surface area contributed by atoms with Gasteiger partial charge in [-0.25, -0.2) is 0 Å². The molecule has 0 heterocycles. The van der Waals surface area contributed by atoms with Gasteiger partial charge in [-0.3, -0.25) is 0 Å². The third-order valence-corrected chi connectivity index (χ3v) is 2.80. The fraction of sp³-hybridized carbons (Fsp3) is 0.333. The summed E-state index contributed by atoms with van der Waals surface area (Å²) in [4.78, 5) is 0. The molecule has 14 heavy (non-hydrogen) atoms. The minimum absolute atomic E-state index is 0.539. The van der Waals surface area contributed by atoms with Gasteiger partial charge in [0, 0.05) is 0 Å². The fourth-order valence-corrected chi connectivity index (χ4v) is 1.76. The van der Waals surface area contributed by atoms with E-state index in [0.29, 0.717) is 16.0 Å². The first-order valence-corrected chi connectivity index (χ1v) is 5.46. The van der Waals surface area contributed by atoms with Crippen LogP contribution in [0.5, 0.6) is 0 Å². The molecule has 0 aliphatic heterocycles. The standard InChI is InChI=1S/C12H14Cl2/c1-3-4-9(2)7-10-5-6-11(13)12(14)8-10/h3-6,8-9H,7H2,1-2H3/b4-3-. The highest BCUT2D eigenvalue weighted by Gasteiger charge is 2.02. The molecular formula is C12H14Cl2. The second-order valence-electron chi connectivity index (χ2n) is 3.46. The van der Waals surface area contributed by atoms with E-state index in [0.717, 1.165) is 6.42 Å². The van der Waals surface area contributed by atoms with Gasteiger partial charge in [-0.05, 0) is 37.0 Å². The number of hydrogen-bond donors (Lipinski definition) is 0. The van der Waals surface area contributed by atoms with Crippen molar-refractivity contribution in [3.8, 4) is 0 Å². The summed E-state index contributed by atoms with van der Waals surface area (Å²) < 4.78 is 0. The number of hydrogen-bond acceptors (Lipinski definition) is 0. The second kappa shape index (κ2) is 5.43. The van der Waals surface area contributed by atoms with Gasteiger partial charge in [0.15, 0.2) is 0 Å². The lowest BCUT2D eigenvalue weighted by atomic mass is 10.0. The molecule has 0 saturated heterocycles. The van der Waals surface area contributed by atoms with E-state index in [9.17, 15) is 0 Å². The first kappa shape index (κ1) is 11.6. The summed E-state index contributed by atoms with van der Waals surface area (Å²) in [5.41, 5.74) is 1.23. The van der Waals surface area contributed by atoms with Crippen molar-refractivity contribution >= 4 is 23.2 Å². The maximum absolute atomic E-state index is 5.92. The number of rotatable bonds is 3. The smallest absolute Gasteiger partial charge is 0.0595 e. The Balaban J connectivity index is 2.73. The molecule has 0 nitrogen and oxygen atoms in total. The lowest BCUT2D eigenvalue weighted by molar-refractivity contribution is 0.722. The molecule has 1 unspecified atom stereocenters. The van der Waals surface area contributed by atoms with E-state index in [4.69, 9.17) is 23.2 Å². The fourth-order valence-electron chi connectivity index (χ4n) is 1.43. The van der Waals surface area contributed by atoms with Crippen molar-refractivity contribution in [1.82, 2.24) is 0 Å². The van der Waals surface area contributed by atoms with Gasteiger partial charge in [-0.15, -0.1) is 0 Å². The average Bonchev–Trinajstić information content (AvgIpc) is 2.12. The molecule has 2 heteroatoms. The van der Waals surface area contributed by atoms with Gasteiger partial charge in [0.2, 0.25) is 0 Å². The molecule has 1 aromatic carbocycles. The number of halogens is 2. The Kier molecular flexibility index (Phi) is 4.50. The molecule has 0 spiro atoms. The van der Waals surface area contributed by atoms with Crippen molar-refractivity contribution in [1.29, 1.82) is 0 Å². The van der Waals surface area contributed by atoms with Crippen LogP contribution < -0.4 is 0 Å². The van der Waals surface area contributed by atoms with Crippen LogP contribution in [0.3, 0.4) is 0 Å². The molecule has 0 radical (unpaired) electrons. The molecule has 76 valence electrons. The van der Waals surface area contributed by atoms with E-state index in [2.05, 4.69) is 19.1 Å². The highest BCUT2D eigenvalue weighted by atomic mass is 35.5. The summed E-state index contributed by atoms with van der Waals surface area (Å²) in [5, 5.41) is 1.26. The van der Waals surface area contributed by atoms with Crippen LogP contribution in [-0.2, 0) is 6.42 Å². The zero-order valence-corrected chi connectivity index (χ0v) is 9.94. The van der Waals surface area contributed by atoms with Gasteiger partial charge >= 0.3 is 0 Å². The van der Waals surface area contributed by atoms with Gasteiger partial charge in [0.1, 0.15) is 0 Å². The van der Waals surface area contributed by atoms with Gasteiger partial charge in [-0.2, -0.15) is 0 Å². The van der Waals surface area contributed by atoms with Crippen LogP contribution >= 0.6 is 23.2 Å². The summed E-state index contributed by atoms with van der Waals surface area (Å²) >= 11 is 11.8. The quantitative estimate of drug-likeness (QED) is 0.656. The van der Waals surface area contributed by atoms with Gasteiger partial charge in [0.05, 0.1) is 10.0 Å². The summed E-state index contributed by atoms with van der Waals surface area (Å²) in [6, 6.07) is 5.81. The topological polar surface area (TPSA) is 0 Å². The van der Waals surface area contributed by atoms with E-state index in [1.165, 1.54) is 5.56 Å². The molecule has 0 bridgehead atoms. The molecule has 0 aliphatic carbocycles. The maximum atomic E-state index is 5.92. The van der Waals surface area contributed by atoms with Gasteiger partial charge in [-0.1, -0.05) is 48.3 Å². The highest BCUT2D eigenvalue weighted by molar-refractivity contribution is 6.42. The van der Waals surface area contributed by atoms with E-state index >= 15 is 0 Å². The zero-order chi connectivity index (χ0) is 10.6. The Morgan fingerprint density at radius 1 is 1.29 bits per heavy atom. The Morgan fingerprint density at radius 3 is 2.57 bits per heavy atom. The molecule has 1 rings (SSSR count). The molecule has 0 aromatic heterocycles. The molecule has 1 aromatic rings. The molecular weight excluding hydrogens is 215 g/mol. The zero-order valence-electron chi connectivity index (χ0n) is 8.43. The lowest BCUT2D eigenvalue weighted by Gasteiger charge is -2.07. The molecule has 0 fully saturated rings. The Bertz CT molecular complexity index is 329. The predicted molar refractivity (Wildman–Crippen MR) is 64.1 cm³/mol. The third-order valence-electron chi connectivity index (χ3n) is 2.06. The van der Waals surface area contributed by atoms with Crippen molar-refractivity contribution in [3.05, 3.63) is 46.0 Å². The van der Waals surface area contributed by atoms with Crippen LogP contribution in [-0.4, -0.2) is 0 Å². The van der Waals surface area contributed by atoms with Gasteiger partial charge in [0.25, 0.3) is 0 Å². The highest BCUT2D eigenvalue weighted by Crippen LogP contribution is 2.23. The Morgan fingerprint density at radius 2 is 2.00 bits per heavy atom. The molecule has 0 N–H and O–H groups in total. The molecule has 0 saturated carbocycles. The van der Waals surface area contributed by atoms with Crippen molar-refractivity contribution in [2.45, 2.75) is 20.3 Å². The monoisotopic (exact) mass is 228 g/mol.